The SMILES string of the molecule is O=C[C@H](Cc1ccccc1)NB(O)OO. The Hall–Kier alpha value is -1.21. The molecule has 0 saturated heterocycles. The third kappa shape index (κ3) is 4.22. The number of benzene rings is 1. The molecule has 5 nitrogen and oxygen atoms in total. The van der Waals surface area contributed by atoms with Crippen LogP contribution in [0.1, 0.15) is 5.56 Å². The van der Waals surface area contributed by atoms with Gasteiger partial charge in [-0.15, -0.1) is 0 Å². The van der Waals surface area contributed by atoms with Crippen LogP contribution in [0.25, 0.3) is 0 Å². The first-order valence-electron chi connectivity index (χ1n) is 4.50. The predicted molar refractivity (Wildman–Crippen MR) is 54.8 cm³/mol. The minimum absolute atomic E-state index is 0.421. The van der Waals surface area contributed by atoms with Gasteiger partial charge in [-0.1, -0.05) is 30.3 Å². The molecule has 3 N–H and O–H groups in total. The third-order valence-corrected chi connectivity index (χ3v) is 1.92. The molecule has 0 fully saturated rings. The van der Waals surface area contributed by atoms with Crippen LogP contribution in [0, 0.1) is 0 Å². The first kappa shape index (κ1) is 11.9. The lowest BCUT2D eigenvalue weighted by Crippen LogP contribution is -2.45. The number of aldehydes is 1. The molecule has 0 aliphatic rings. The molecule has 1 atom stereocenters. The van der Waals surface area contributed by atoms with Crippen molar-refractivity contribution in [2.45, 2.75) is 12.5 Å². The fourth-order valence-corrected chi connectivity index (χ4v) is 1.23. The lowest BCUT2D eigenvalue weighted by atomic mass is 10.0. The molecule has 0 spiro atoms. The molecule has 0 saturated carbocycles. The van der Waals surface area contributed by atoms with Crippen LogP contribution in [0.2, 0.25) is 0 Å². The summed E-state index contributed by atoms with van der Waals surface area (Å²) in [7, 11) is -1.55. The minimum atomic E-state index is -1.55. The maximum Gasteiger partial charge on any atom is 0.581 e. The number of hydrogen-bond donors (Lipinski definition) is 3. The molecule has 15 heavy (non-hydrogen) atoms. The van der Waals surface area contributed by atoms with E-state index in [4.69, 9.17) is 10.3 Å². The second kappa shape index (κ2) is 6.31. The van der Waals surface area contributed by atoms with E-state index in [-0.39, 0.29) is 0 Å². The number of nitrogens with one attached hydrogen (secondary N) is 1. The Morgan fingerprint density at radius 2 is 2.13 bits per heavy atom. The fraction of sp³-hybridized carbons (Fsp3) is 0.222. The molecular weight excluding hydrogens is 197 g/mol. The van der Waals surface area contributed by atoms with E-state index in [9.17, 15) is 4.79 Å². The molecule has 0 aliphatic carbocycles. The summed E-state index contributed by atoms with van der Waals surface area (Å²) in [6, 6.07) is 8.72. The summed E-state index contributed by atoms with van der Waals surface area (Å²) in [5.41, 5.74) is 0.951. The van der Waals surface area contributed by atoms with E-state index in [1.807, 2.05) is 30.3 Å². The number of hydrogen-bond acceptors (Lipinski definition) is 5. The van der Waals surface area contributed by atoms with E-state index in [1.54, 1.807) is 0 Å². The molecule has 0 radical (unpaired) electrons. The normalized spacial score (nSPS) is 12.1. The molecule has 1 rings (SSSR count). The molecule has 0 heterocycles. The maximum atomic E-state index is 10.7. The average molecular weight is 209 g/mol. The van der Waals surface area contributed by atoms with Gasteiger partial charge in [0.15, 0.2) is 0 Å². The average Bonchev–Trinajstić information content (AvgIpc) is 2.29. The molecule has 0 unspecified atom stereocenters. The monoisotopic (exact) mass is 209 g/mol. The van der Waals surface area contributed by atoms with Gasteiger partial charge in [-0.2, -0.15) is 0 Å². The van der Waals surface area contributed by atoms with Gasteiger partial charge in [-0.3, -0.25) is 10.5 Å². The predicted octanol–water partition coefficient (Wildman–Crippen LogP) is -0.147. The highest BCUT2D eigenvalue weighted by Crippen LogP contribution is 2.01. The minimum Gasteiger partial charge on any atom is -0.411 e. The quantitative estimate of drug-likeness (QED) is 0.263. The van der Waals surface area contributed by atoms with Gasteiger partial charge in [0.25, 0.3) is 0 Å². The molecule has 0 bridgehead atoms. The van der Waals surface area contributed by atoms with Crippen molar-refractivity contribution in [3.05, 3.63) is 35.9 Å². The van der Waals surface area contributed by atoms with Crippen LogP contribution in [0.5, 0.6) is 0 Å². The van der Waals surface area contributed by atoms with Gasteiger partial charge in [0, 0.05) is 0 Å². The fourth-order valence-electron chi connectivity index (χ4n) is 1.23. The smallest absolute Gasteiger partial charge is 0.411 e. The molecule has 1 aromatic carbocycles. The van der Waals surface area contributed by atoms with Crippen molar-refractivity contribution >= 4 is 13.5 Å². The molecular formula is C9H12BNO4. The van der Waals surface area contributed by atoms with Crippen LogP contribution in [-0.4, -0.2) is 29.9 Å². The van der Waals surface area contributed by atoms with Crippen molar-refractivity contribution in [3.63, 3.8) is 0 Å². The topological polar surface area (TPSA) is 78.8 Å². The Kier molecular flexibility index (Phi) is 4.99. The highest BCUT2D eigenvalue weighted by Gasteiger charge is 2.19. The maximum absolute atomic E-state index is 10.7. The van der Waals surface area contributed by atoms with Gasteiger partial charge in [0.05, 0.1) is 6.04 Å². The summed E-state index contributed by atoms with van der Waals surface area (Å²) in [6.07, 6.45) is 1.07. The Morgan fingerprint density at radius 1 is 1.47 bits per heavy atom. The summed E-state index contributed by atoms with van der Waals surface area (Å²) in [6.45, 7) is 0. The molecule has 6 heteroatoms. The Balaban J connectivity index is 2.50. The summed E-state index contributed by atoms with van der Waals surface area (Å²) in [5.74, 6) is 0. The van der Waals surface area contributed by atoms with E-state index in [0.29, 0.717) is 12.7 Å². The summed E-state index contributed by atoms with van der Waals surface area (Å²) in [5, 5.41) is 19.4. The number of rotatable bonds is 6. The summed E-state index contributed by atoms with van der Waals surface area (Å²) < 4.78 is 0. The number of carbonyl (C=O) groups excluding carboxylic acids is 1. The summed E-state index contributed by atoms with van der Waals surface area (Å²) >= 11 is 0. The van der Waals surface area contributed by atoms with Gasteiger partial charge in [0.2, 0.25) is 0 Å². The molecule has 80 valence electrons. The van der Waals surface area contributed by atoms with E-state index in [2.05, 4.69) is 10.0 Å². The highest BCUT2D eigenvalue weighted by molar-refractivity contribution is 6.39. The van der Waals surface area contributed by atoms with Crippen LogP contribution in [0.15, 0.2) is 30.3 Å². The van der Waals surface area contributed by atoms with E-state index >= 15 is 0 Å². The van der Waals surface area contributed by atoms with Crippen molar-refractivity contribution in [3.8, 4) is 0 Å². The van der Waals surface area contributed by atoms with Gasteiger partial charge >= 0.3 is 7.25 Å². The molecule has 0 aromatic heterocycles. The lowest BCUT2D eigenvalue weighted by Gasteiger charge is -2.12. The van der Waals surface area contributed by atoms with Crippen LogP contribution in [0.3, 0.4) is 0 Å². The molecule has 1 aromatic rings. The Bertz CT molecular complexity index is 295. The van der Waals surface area contributed by atoms with E-state index in [0.717, 1.165) is 5.56 Å². The standard InChI is InChI=1S/C9H12BNO4/c12-7-9(11-10(13)15-14)6-8-4-2-1-3-5-8/h1-5,7,9,11,13-14H,6H2/t9-/m0/s1. The highest BCUT2D eigenvalue weighted by atomic mass is 17.1. The largest absolute Gasteiger partial charge is 0.581 e. The van der Waals surface area contributed by atoms with Crippen molar-refractivity contribution in [1.82, 2.24) is 5.23 Å². The number of carbonyl (C=O) groups is 1. The van der Waals surface area contributed by atoms with Gasteiger partial charge in [-0.25, -0.2) is 4.81 Å². The second-order valence-electron chi connectivity index (χ2n) is 3.06. The van der Waals surface area contributed by atoms with Crippen molar-refractivity contribution in [2.24, 2.45) is 0 Å². The summed E-state index contributed by atoms with van der Waals surface area (Å²) in [4.78, 5) is 14.3. The van der Waals surface area contributed by atoms with E-state index < -0.39 is 13.3 Å². The zero-order valence-electron chi connectivity index (χ0n) is 8.04. The van der Waals surface area contributed by atoms with Crippen LogP contribution < -0.4 is 5.23 Å². The van der Waals surface area contributed by atoms with Gasteiger partial charge < -0.3 is 9.82 Å². The van der Waals surface area contributed by atoms with Gasteiger partial charge in [-0.05, 0) is 12.0 Å². The van der Waals surface area contributed by atoms with Crippen LogP contribution >= 0.6 is 0 Å². The van der Waals surface area contributed by atoms with Crippen molar-refractivity contribution < 1.29 is 19.9 Å². The van der Waals surface area contributed by atoms with Crippen molar-refractivity contribution in [2.75, 3.05) is 0 Å². The first-order valence-corrected chi connectivity index (χ1v) is 4.50. The van der Waals surface area contributed by atoms with Crippen LogP contribution in [-0.2, 0) is 16.0 Å². The second-order valence-corrected chi connectivity index (χ2v) is 3.06. The molecule has 0 amide bonds. The Labute approximate surface area is 87.8 Å². The van der Waals surface area contributed by atoms with Gasteiger partial charge in [0.1, 0.15) is 6.29 Å². The lowest BCUT2D eigenvalue weighted by molar-refractivity contribution is -0.160. The van der Waals surface area contributed by atoms with E-state index in [1.165, 1.54) is 0 Å². The first-order chi connectivity index (χ1) is 7.26. The Morgan fingerprint density at radius 3 is 2.67 bits per heavy atom. The molecule has 0 aliphatic heterocycles. The zero-order valence-corrected chi connectivity index (χ0v) is 8.04. The van der Waals surface area contributed by atoms with Crippen LogP contribution in [0.4, 0.5) is 0 Å². The van der Waals surface area contributed by atoms with Crippen molar-refractivity contribution in [1.29, 1.82) is 0 Å². The third-order valence-electron chi connectivity index (χ3n) is 1.92. The zero-order chi connectivity index (χ0) is 11.1.